The molecule has 0 aromatic heterocycles. The average Bonchev–Trinajstić information content (AvgIpc) is 2.82. The van der Waals surface area contributed by atoms with E-state index in [-0.39, 0.29) is 16.3 Å². The van der Waals surface area contributed by atoms with Crippen LogP contribution in [0.2, 0.25) is 5.02 Å². The zero-order valence-corrected chi connectivity index (χ0v) is 18.3. The smallest absolute Gasteiger partial charge is 0.283 e. The zero-order chi connectivity index (χ0) is 22.8. The number of ether oxygens (including phenoxy) is 2. The van der Waals surface area contributed by atoms with Crippen molar-refractivity contribution in [1.29, 1.82) is 0 Å². The van der Waals surface area contributed by atoms with Gasteiger partial charge in [0.05, 0.1) is 25.2 Å². The van der Waals surface area contributed by atoms with Crippen LogP contribution in [0.3, 0.4) is 0 Å². The molecule has 0 radical (unpaired) electrons. The Balaban J connectivity index is 1.87. The SMILES string of the molecule is COc1cc2c(cc1OC)C(c1ccccc1)N(C(=O)c1ccc(Cl)cc1[N+](=O)[O-])CC2. The highest BCUT2D eigenvalue weighted by Crippen LogP contribution is 2.42. The lowest BCUT2D eigenvalue weighted by atomic mass is 9.87. The Kier molecular flexibility index (Phi) is 6.01. The van der Waals surface area contributed by atoms with Gasteiger partial charge in [-0.25, -0.2) is 0 Å². The highest BCUT2D eigenvalue weighted by atomic mass is 35.5. The van der Waals surface area contributed by atoms with Crippen molar-refractivity contribution in [3.8, 4) is 11.5 Å². The van der Waals surface area contributed by atoms with Gasteiger partial charge in [-0.1, -0.05) is 41.9 Å². The van der Waals surface area contributed by atoms with Gasteiger partial charge in [-0.05, 0) is 47.4 Å². The average molecular weight is 453 g/mol. The van der Waals surface area contributed by atoms with Crippen LogP contribution in [0.15, 0.2) is 60.7 Å². The summed E-state index contributed by atoms with van der Waals surface area (Å²) >= 11 is 5.95. The first-order chi connectivity index (χ1) is 15.4. The molecule has 3 aromatic rings. The van der Waals surface area contributed by atoms with Crippen LogP contribution < -0.4 is 9.47 Å². The minimum Gasteiger partial charge on any atom is -0.493 e. The van der Waals surface area contributed by atoms with Crippen LogP contribution in [0, 0.1) is 10.1 Å². The van der Waals surface area contributed by atoms with E-state index in [2.05, 4.69) is 0 Å². The lowest BCUT2D eigenvalue weighted by molar-refractivity contribution is -0.385. The fourth-order valence-electron chi connectivity index (χ4n) is 4.15. The Labute approximate surface area is 190 Å². The normalized spacial score (nSPS) is 15.1. The summed E-state index contributed by atoms with van der Waals surface area (Å²) < 4.78 is 10.9. The molecule has 0 spiro atoms. The van der Waals surface area contributed by atoms with Crippen molar-refractivity contribution in [2.24, 2.45) is 0 Å². The summed E-state index contributed by atoms with van der Waals surface area (Å²) in [4.78, 5) is 26.3. The second-order valence-electron chi connectivity index (χ2n) is 7.39. The number of nitrogens with zero attached hydrogens (tertiary/aromatic N) is 2. The molecule has 1 unspecified atom stereocenters. The molecule has 0 bridgehead atoms. The van der Waals surface area contributed by atoms with Crippen molar-refractivity contribution < 1.29 is 19.2 Å². The molecule has 7 nitrogen and oxygen atoms in total. The van der Waals surface area contributed by atoms with E-state index in [1.165, 1.54) is 18.2 Å². The third-order valence-electron chi connectivity index (χ3n) is 5.64. The van der Waals surface area contributed by atoms with E-state index in [4.69, 9.17) is 21.1 Å². The first kappa shape index (κ1) is 21.6. The Morgan fingerprint density at radius 2 is 1.75 bits per heavy atom. The molecule has 1 atom stereocenters. The predicted octanol–water partition coefficient (Wildman–Crippen LogP) is 5.05. The van der Waals surface area contributed by atoms with E-state index in [0.29, 0.717) is 24.5 Å². The summed E-state index contributed by atoms with van der Waals surface area (Å²) in [5.74, 6) is 0.743. The number of amides is 1. The summed E-state index contributed by atoms with van der Waals surface area (Å²) in [5.41, 5.74) is 2.51. The van der Waals surface area contributed by atoms with Gasteiger partial charge >= 0.3 is 0 Å². The predicted molar refractivity (Wildman–Crippen MR) is 121 cm³/mol. The molecule has 1 aliphatic rings. The van der Waals surface area contributed by atoms with Gasteiger partial charge in [0.15, 0.2) is 11.5 Å². The first-order valence-corrected chi connectivity index (χ1v) is 10.4. The maximum absolute atomic E-state index is 13.6. The summed E-state index contributed by atoms with van der Waals surface area (Å²) in [6.07, 6.45) is 0.576. The quantitative estimate of drug-likeness (QED) is 0.399. The number of carbonyl (C=O) groups excluding carboxylic acids is 1. The van der Waals surface area contributed by atoms with Crippen LogP contribution in [0.4, 0.5) is 5.69 Å². The number of nitro groups is 1. The lowest BCUT2D eigenvalue weighted by Crippen LogP contribution is -2.40. The molecule has 0 N–H and O–H groups in total. The number of hydrogen-bond donors (Lipinski definition) is 0. The Morgan fingerprint density at radius 1 is 1.06 bits per heavy atom. The number of benzene rings is 3. The number of rotatable bonds is 5. The molecule has 0 saturated heterocycles. The minimum absolute atomic E-state index is 0.00394. The van der Waals surface area contributed by atoms with Crippen LogP contribution >= 0.6 is 11.6 Å². The van der Waals surface area contributed by atoms with Crippen molar-refractivity contribution in [2.45, 2.75) is 12.5 Å². The van der Waals surface area contributed by atoms with Crippen molar-refractivity contribution >= 4 is 23.2 Å². The fraction of sp³-hybridized carbons (Fsp3) is 0.208. The van der Waals surface area contributed by atoms with E-state index >= 15 is 0 Å². The molecule has 3 aromatic carbocycles. The van der Waals surface area contributed by atoms with Crippen molar-refractivity contribution in [1.82, 2.24) is 4.90 Å². The van der Waals surface area contributed by atoms with Gasteiger partial charge in [0.2, 0.25) is 0 Å². The van der Waals surface area contributed by atoms with Gasteiger partial charge in [-0.15, -0.1) is 0 Å². The molecule has 1 aliphatic heterocycles. The third-order valence-corrected chi connectivity index (χ3v) is 5.87. The number of carbonyl (C=O) groups is 1. The first-order valence-electron chi connectivity index (χ1n) is 9.99. The standard InChI is InChI=1S/C24H21ClN2O5/c1-31-21-12-16-10-11-26(24(28)18-9-8-17(25)13-20(18)27(29)30)23(15-6-4-3-5-7-15)19(16)14-22(21)32-2/h3-9,12-14,23H,10-11H2,1-2H3. The molecule has 0 saturated carbocycles. The summed E-state index contributed by atoms with van der Waals surface area (Å²) in [7, 11) is 3.14. The summed E-state index contributed by atoms with van der Waals surface area (Å²) in [6.45, 7) is 0.390. The van der Waals surface area contributed by atoms with Crippen LogP contribution in [0.5, 0.6) is 11.5 Å². The van der Waals surface area contributed by atoms with Gasteiger partial charge in [-0.3, -0.25) is 14.9 Å². The molecule has 0 fully saturated rings. The number of hydrogen-bond acceptors (Lipinski definition) is 5. The maximum atomic E-state index is 13.6. The Morgan fingerprint density at radius 3 is 2.41 bits per heavy atom. The third kappa shape index (κ3) is 3.87. The van der Waals surface area contributed by atoms with Crippen molar-refractivity contribution in [2.75, 3.05) is 20.8 Å². The number of halogens is 1. The van der Waals surface area contributed by atoms with Gasteiger partial charge in [-0.2, -0.15) is 0 Å². The van der Waals surface area contributed by atoms with E-state index in [0.717, 1.165) is 16.7 Å². The molecule has 8 heteroatoms. The van der Waals surface area contributed by atoms with E-state index in [9.17, 15) is 14.9 Å². The largest absolute Gasteiger partial charge is 0.493 e. The Hall–Kier alpha value is -3.58. The molecule has 164 valence electrons. The highest BCUT2D eigenvalue weighted by Gasteiger charge is 2.36. The van der Waals surface area contributed by atoms with Gasteiger partial charge in [0.25, 0.3) is 11.6 Å². The highest BCUT2D eigenvalue weighted by molar-refractivity contribution is 6.31. The molecular weight excluding hydrogens is 432 g/mol. The Bertz CT molecular complexity index is 1180. The molecule has 4 rings (SSSR count). The monoisotopic (exact) mass is 452 g/mol. The topological polar surface area (TPSA) is 81.9 Å². The number of methoxy groups -OCH3 is 2. The van der Waals surface area contributed by atoms with Crippen LogP contribution in [-0.2, 0) is 6.42 Å². The maximum Gasteiger partial charge on any atom is 0.283 e. The molecule has 0 aliphatic carbocycles. The molecule has 1 heterocycles. The summed E-state index contributed by atoms with van der Waals surface area (Å²) in [5, 5.41) is 11.8. The van der Waals surface area contributed by atoms with E-state index < -0.39 is 16.9 Å². The minimum atomic E-state index is -0.581. The van der Waals surface area contributed by atoms with Gasteiger partial charge in [0, 0.05) is 17.6 Å². The molecular formula is C24H21ClN2O5. The fourth-order valence-corrected chi connectivity index (χ4v) is 4.32. The molecule has 1 amide bonds. The molecule has 32 heavy (non-hydrogen) atoms. The van der Waals surface area contributed by atoms with Gasteiger partial charge in [0.1, 0.15) is 5.56 Å². The van der Waals surface area contributed by atoms with Crippen LogP contribution in [0.25, 0.3) is 0 Å². The van der Waals surface area contributed by atoms with Crippen LogP contribution in [-0.4, -0.2) is 36.5 Å². The second kappa shape index (κ2) is 8.88. The van der Waals surface area contributed by atoms with Crippen molar-refractivity contribution in [3.63, 3.8) is 0 Å². The number of fused-ring (bicyclic) bond motifs is 1. The van der Waals surface area contributed by atoms with Crippen LogP contribution in [0.1, 0.15) is 33.1 Å². The number of nitro benzene ring substituents is 1. The zero-order valence-electron chi connectivity index (χ0n) is 17.6. The lowest BCUT2D eigenvalue weighted by Gasteiger charge is -2.38. The van der Waals surface area contributed by atoms with Gasteiger partial charge < -0.3 is 14.4 Å². The second-order valence-corrected chi connectivity index (χ2v) is 7.82. The van der Waals surface area contributed by atoms with E-state index in [1.54, 1.807) is 19.1 Å². The van der Waals surface area contributed by atoms with Crippen molar-refractivity contribution in [3.05, 3.63) is 98.1 Å². The summed E-state index contributed by atoms with van der Waals surface area (Å²) in [6, 6.07) is 17.0. The van der Waals surface area contributed by atoms with E-state index in [1.807, 2.05) is 42.5 Å².